The van der Waals surface area contributed by atoms with Crippen LogP contribution in [0.1, 0.15) is 36.5 Å². The van der Waals surface area contributed by atoms with Crippen LogP contribution in [-0.2, 0) is 17.4 Å². The summed E-state index contributed by atoms with van der Waals surface area (Å²) in [5.74, 6) is -0.325. The monoisotopic (exact) mass is 419 g/mol. The Labute approximate surface area is 171 Å². The molecule has 2 aromatic rings. The highest BCUT2D eigenvalue weighted by Gasteiger charge is 2.33. The number of rotatable bonds is 6. The summed E-state index contributed by atoms with van der Waals surface area (Å²) in [4.78, 5) is 16.9. The molecule has 0 bridgehead atoms. The maximum absolute atomic E-state index is 13.4. The average molecular weight is 419 g/mol. The first-order valence-electron chi connectivity index (χ1n) is 9.24. The van der Waals surface area contributed by atoms with E-state index in [0.29, 0.717) is 29.1 Å². The van der Waals surface area contributed by atoms with Crippen LogP contribution in [0.3, 0.4) is 0 Å². The van der Waals surface area contributed by atoms with Gasteiger partial charge in [0.1, 0.15) is 0 Å². The number of amides is 1. The standard InChI is InChI=1S/C21H20F3N3OS/c1-3-7-26-8-6-20(28)27-17-10-14(21(22,23)24)11-19-16(17)9-13-4-5-15(25-2)12-18(13)29-19/h4-5,10-12,26H,3,6-9H2,1H3,(H,27,28). The molecule has 1 amide bonds. The van der Waals surface area contributed by atoms with Crippen LogP contribution in [0.25, 0.3) is 4.85 Å². The molecule has 3 rings (SSSR count). The lowest BCUT2D eigenvalue weighted by molar-refractivity contribution is -0.137. The van der Waals surface area contributed by atoms with Gasteiger partial charge in [-0.3, -0.25) is 4.79 Å². The molecule has 152 valence electrons. The predicted octanol–water partition coefficient (Wildman–Crippen LogP) is 5.64. The van der Waals surface area contributed by atoms with E-state index in [1.165, 1.54) is 11.8 Å². The fourth-order valence-electron chi connectivity index (χ4n) is 3.07. The Bertz CT molecular complexity index is 967. The molecule has 0 fully saturated rings. The third kappa shape index (κ3) is 5.11. The van der Waals surface area contributed by atoms with Crippen LogP contribution in [0, 0.1) is 6.57 Å². The van der Waals surface area contributed by atoms with Gasteiger partial charge in [0.15, 0.2) is 5.69 Å². The highest BCUT2D eigenvalue weighted by molar-refractivity contribution is 7.99. The lowest BCUT2D eigenvalue weighted by atomic mass is 9.99. The van der Waals surface area contributed by atoms with Crippen molar-refractivity contribution < 1.29 is 18.0 Å². The first-order chi connectivity index (χ1) is 13.8. The molecule has 0 aromatic heterocycles. The Kier molecular flexibility index (Phi) is 6.50. The predicted molar refractivity (Wildman–Crippen MR) is 107 cm³/mol. The van der Waals surface area contributed by atoms with Gasteiger partial charge in [0.05, 0.1) is 12.1 Å². The largest absolute Gasteiger partial charge is 0.416 e. The Balaban J connectivity index is 1.91. The second-order valence-corrected chi connectivity index (χ2v) is 7.81. The van der Waals surface area contributed by atoms with E-state index in [1.807, 2.05) is 13.0 Å². The molecule has 1 heterocycles. The lowest BCUT2D eigenvalue weighted by Gasteiger charge is -2.24. The van der Waals surface area contributed by atoms with Gasteiger partial charge >= 0.3 is 6.18 Å². The number of nitrogens with zero attached hydrogens (tertiary/aromatic N) is 1. The van der Waals surface area contributed by atoms with Crippen molar-refractivity contribution in [1.29, 1.82) is 0 Å². The Morgan fingerprint density at radius 1 is 1.21 bits per heavy atom. The Morgan fingerprint density at radius 3 is 2.69 bits per heavy atom. The number of alkyl halides is 3. The minimum Gasteiger partial charge on any atom is -0.326 e. The molecule has 2 aromatic carbocycles. The Hall–Kier alpha value is -2.50. The fourth-order valence-corrected chi connectivity index (χ4v) is 4.25. The summed E-state index contributed by atoms with van der Waals surface area (Å²) in [5, 5.41) is 5.78. The zero-order valence-corrected chi connectivity index (χ0v) is 16.6. The molecule has 0 radical (unpaired) electrons. The molecule has 1 aliphatic heterocycles. The third-order valence-electron chi connectivity index (χ3n) is 4.53. The maximum Gasteiger partial charge on any atom is 0.416 e. The zero-order valence-electron chi connectivity index (χ0n) is 15.8. The zero-order chi connectivity index (χ0) is 21.0. The van der Waals surface area contributed by atoms with Gasteiger partial charge in [-0.2, -0.15) is 13.2 Å². The number of fused-ring (bicyclic) bond motifs is 2. The van der Waals surface area contributed by atoms with E-state index >= 15 is 0 Å². The number of carbonyl (C=O) groups excluding carboxylic acids is 1. The van der Waals surface area contributed by atoms with Crippen molar-refractivity contribution in [3.05, 3.63) is 58.4 Å². The van der Waals surface area contributed by atoms with Crippen molar-refractivity contribution in [1.82, 2.24) is 5.32 Å². The van der Waals surface area contributed by atoms with E-state index < -0.39 is 11.7 Å². The van der Waals surface area contributed by atoms with Crippen molar-refractivity contribution in [2.45, 2.75) is 42.2 Å². The van der Waals surface area contributed by atoms with Gasteiger partial charge in [0.25, 0.3) is 0 Å². The summed E-state index contributed by atoms with van der Waals surface area (Å²) < 4.78 is 40.2. The topological polar surface area (TPSA) is 45.5 Å². The van der Waals surface area contributed by atoms with Gasteiger partial charge in [0.2, 0.25) is 5.91 Å². The van der Waals surface area contributed by atoms with Crippen molar-refractivity contribution in [3.8, 4) is 0 Å². The number of anilines is 1. The highest BCUT2D eigenvalue weighted by Crippen LogP contribution is 2.46. The van der Waals surface area contributed by atoms with Crippen LogP contribution < -0.4 is 10.6 Å². The first kappa shape index (κ1) is 21.2. The molecule has 0 spiro atoms. The number of benzene rings is 2. The number of carbonyl (C=O) groups is 1. The van der Waals surface area contributed by atoms with Crippen LogP contribution in [0.4, 0.5) is 24.5 Å². The summed E-state index contributed by atoms with van der Waals surface area (Å²) in [7, 11) is 0. The van der Waals surface area contributed by atoms with Crippen LogP contribution >= 0.6 is 11.8 Å². The average Bonchev–Trinajstić information content (AvgIpc) is 2.68. The first-order valence-corrected chi connectivity index (χ1v) is 10.1. The molecule has 0 aliphatic carbocycles. The number of hydrogen-bond acceptors (Lipinski definition) is 3. The Morgan fingerprint density at radius 2 is 2.00 bits per heavy atom. The van der Waals surface area contributed by atoms with Gasteiger partial charge in [-0.25, -0.2) is 4.85 Å². The van der Waals surface area contributed by atoms with Crippen molar-refractivity contribution >= 4 is 29.0 Å². The van der Waals surface area contributed by atoms with Crippen LogP contribution in [-0.4, -0.2) is 19.0 Å². The maximum atomic E-state index is 13.4. The lowest BCUT2D eigenvalue weighted by Crippen LogP contribution is -2.23. The van der Waals surface area contributed by atoms with Crippen LogP contribution in [0.5, 0.6) is 0 Å². The molecular weight excluding hydrogens is 399 g/mol. The molecule has 2 N–H and O–H groups in total. The number of hydrogen-bond donors (Lipinski definition) is 2. The summed E-state index contributed by atoms with van der Waals surface area (Å²) >= 11 is 1.20. The summed E-state index contributed by atoms with van der Waals surface area (Å²) in [6.45, 7) is 10.4. The van der Waals surface area contributed by atoms with E-state index in [0.717, 1.165) is 35.6 Å². The van der Waals surface area contributed by atoms with Crippen molar-refractivity contribution in [2.75, 3.05) is 18.4 Å². The summed E-state index contributed by atoms with van der Waals surface area (Å²) in [5.41, 5.74) is 1.44. The van der Waals surface area contributed by atoms with Crippen molar-refractivity contribution in [2.24, 2.45) is 0 Å². The van der Waals surface area contributed by atoms with Gasteiger partial charge < -0.3 is 10.6 Å². The molecule has 0 saturated heterocycles. The van der Waals surface area contributed by atoms with E-state index in [-0.39, 0.29) is 18.0 Å². The van der Waals surface area contributed by atoms with Gasteiger partial charge in [-0.1, -0.05) is 30.8 Å². The highest BCUT2D eigenvalue weighted by atomic mass is 32.2. The van der Waals surface area contributed by atoms with Crippen molar-refractivity contribution in [3.63, 3.8) is 0 Å². The van der Waals surface area contributed by atoms with E-state index in [9.17, 15) is 18.0 Å². The summed E-state index contributed by atoms with van der Waals surface area (Å²) in [6, 6.07) is 7.32. The minimum absolute atomic E-state index is 0.184. The van der Waals surface area contributed by atoms with E-state index in [2.05, 4.69) is 15.5 Å². The molecule has 4 nitrogen and oxygen atoms in total. The summed E-state index contributed by atoms with van der Waals surface area (Å²) in [6.07, 6.45) is -2.99. The van der Waals surface area contributed by atoms with Crippen LogP contribution in [0.2, 0.25) is 0 Å². The van der Waals surface area contributed by atoms with Gasteiger partial charge in [-0.15, -0.1) is 0 Å². The number of nitrogens with one attached hydrogen (secondary N) is 2. The van der Waals surface area contributed by atoms with E-state index in [1.54, 1.807) is 12.1 Å². The smallest absolute Gasteiger partial charge is 0.326 e. The second-order valence-electron chi connectivity index (χ2n) is 6.73. The van der Waals surface area contributed by atoms with Gasteiger partial charge in [-0.05, 0) is 42.3 Å². The third-order valence-corrected chi connectivity index (χ3v) is 5.72. The second kappa shape index (κ2) is 8.89. The quantitative estimate of drug-likeness (QED) is 0.402. The SMILES string of the molecule is [C-]#[N+]c1ccc2c(c1)Sc1cc(C(F)(F)F)cc(NC(=O)CCNCCC)c1C2. The van der Waals surface area contributed by atoms with Gasteiger partial charge in [0, 0.05) is 34.9 Å². The fraction of sp³-hybridized carbons (Fsp3) is 0.333. The molecular formula is C21H20F3N3OS. The molecule has 0 saturated carbocycles. The normalized spacial score (nSPS) is 12.7. The molecule has 0 atom stereocenters. The van der Waals surface area contributed by atoms with Crippen LogP contribution in [0.15, 0.2) is 40.1 Å². The molecule has 1 aliphatic rings. The molecule has 29 heavy (non-hydrogen) atoms. The minimum atomic E-state index is -4.52. The molecule has 8 heteroatoms. The number of halogens is 3. The van der Waals surface area contributed by atoms with E-state index in [4.69, 9.17) is 6.57 Å². The molecule has 0 unspecified atom stereocenters.